The van der Waals surface area contributed by atoms with Gasteiger partial charge in [-0.2, -0.15) is 5.10 Å². The highest BCUT2D eigenvalue weighted by Crippen LogP contribution is 2.40. The van der Waals surface area contributed by atoms with E-state index < -0.39 is 0 Å². The Balaban J connectivity index is 1.87. The number of hydrogen-bond donors (Lipinski definition) is 0. The molecule has 2 fully saturated rings. The summed E-state index contributed by atoms with van der Waals surface area (Å²) in [7, 11) is 4.23. The van der Waals surface area contributed by atoms with Gasteiger partial charge in [0.2, 0.25) is 0 Å². The first-order valence-electron chi connectivity index (χ1n) is 9.28. The Morgan fingerprint density at radius 2 is 1.96 bits per heavy atom. The van der Waals surface area contributed by atoms with E-state index in [0.29, 0.717) is 17.9 Å². The van der Waals surface area contributed by atoms with E-state index in [1.54, 1.807) is 0 Å². The standard InChI is InChI=1S/C19H32N4O/c1-7-13-11-22(12-17(13)21(5)6)18(24)16-10-15(14-8-9-14)20-23(16)19(2,3)4/h10,13-14,17H,7-9,11-12H2,1-6H3. The van der Waals surface area contributed by atoms with E-state index in [2.05, 4.69) is 52.8 Å². The number of likely N-dealkylation sites (N-methyl/N-ethyl adjacent to an activating group) is 1. The van der Waals surface area contributed by atoms with E-state index in [0.717, 1.165) is 30.9 Å². The number of amides is 1. The summed E-state index contributed by atoms with van der Waals surface area (Å²) in [5, 5.41) is 4.79. The molecule has 2 heterocycles. The van der Waals surface area contributed by atoms with Gasteiger partial charge in [-0.15, -0.1) is 0 Å². The minimum absolute atomic E-state index is 0.145. The van der Waals surface area contributed by atoms with Crippen molar-refractivity contribution in [2.45, 2.75) is 64.5 Å². The highest BCUT2D eigenvalue weighted by atomic mass is 16.2. The molecule has 1 saturated carbocycles. The summed E-state index contributed by atoms with van der Waals surface area (Å²) in [6.07, 6.45) is 3.52. The van der Waals surface area contributed by atoms with Gasteiger partial charge >= 0.3 is 0 Å². The highest BCUT2D eigenvalue weighted by molar-refractivity contribution is 5.93. The summed E-state index contributed by atoms with van der Waals surface area (Å²) >= 11 is 0. The van der Waals surface area contributed by atoms with Gasteiger partial charge in [0.15, 0.2) is 0 Å². The van der Waals surface area contributed by atoms with Crippen LogP contribution in [0.25, 0.3) is 0 Å². The molecule has 3 rings (SSSR count). The van der Waals surface area contributed by atoms with Gasteiger partial charge < -0.3 is 9.80 Å². The molecule has 1 aliphatic heterocycles. The number of carbonyl (C=O) groups excluding carboxylic acids is 1. The zero-order chi connectivity index (χ0) is 17.6. The maximum absolute atomic E-state index is 13.2. The van der Waals surface area contributed by atoms with E-state index >= 15 is 0 Å². The van der Waals surface area contributed by atoms with Crippen LogP contribution in [0, 0.1) is 5.92 Å². The Labute approximate surface area is 146 Å². The van der Waals surface area contributed by atoms with Gasteiger partial charge in [0.05, 0.1) is 11.2 Å². The van der Waals surface area contributed by atoms with Crippen LogP contribution in [0.5, 0.6) is 0 Å². The minimum Gasteiger partial charge on any atom is -0.335 e. The van der Waals surface area contributed by atoms with Crippen molar-refractivity contribution in [1.82, 2.24) is 19.6 Å². The minimum atomic E-state index is -0.178. The predicted molar refractivity (Wildman–Crippen MR) is 96.4 cm³/mol. The number of aromatic nitrogens is 2. The molecule has 24 heavy (non-hydrogen) atoms. The summed E-state index contributed by atoms with van der Waals surface area (Å²) in [5.74, 6) is 1.27. The molecule has 2 atom stereocenters. The molecule has 1 saturated heterocycles. The van der Waals surface area contributed by atoms with E-state index in [1.165, 1.54) is 12.8 Å². The molecule has 0 bridgehead atoms. The zero-order valence-corrected chi connectivity index (χ0v) is 16.0. The lowest BCUT2D eigenvalue weighted by atomic mass is 10.0. The smallest absolute Gasteiger partial charge is 0.272 e. The van der Waals surface area contributed by atoms with Gasteiger partial charge in [0.1, 0.15) is 5.69 Å². The SMILES string of the molecule is CCC1CN(C(=O)c2cc(C3CC3)nn2C(C)(C)C)CC1N(C)C. The number of hydrogen-bond acceptors (Lipinski definition) is 3. The largest absolute Gasteiger partial charge is 0.335 e. The first-order valence-corrected chi connectivity index (χ1v) is 9.28. The molecule has 0 aromatic carbocycles. The highest BCUT2D eigenvalue weighted by Gasteiger charge is 2.38. The Kier molecular flexibility index (Phi) is 4.49. The summed E-state index contributed by atoms with van der Waals surface area (Å²) in [5.41, 5.74) is 1.69. The van der Waals surface area contributed by atoms with Gasteiger partial charge in [-0.25, -0.2) is 0 Å². The molecule has 1 amide bonds. The molecule has 0 N–H and O–H groups in total. The Morgan fingerprint density at radius 1 is 1.29 bits per heavy atom. The van der Waals surface area contributed by atoms with E-state index in [4.69, 9.17) is 5.10 Å². The van der Waals surface area contributed by atoms with Gasteiger partial charge in [0, 0.05) is 25.0 Å². The fraction of sp³-hybridized carbons (Fsp3) is 0.789. The quantitative estimate of drug-likeness (QED) is 0.851. The van der Waals surface area contributed by atoms with Crippen molar-refractivity contribution in [2.75, 3.05) is 27.2 Å². The van der Waals surface area contributed by atoms with Gasteiger partial charge in [-0.1, -0.05) is 13.3 Å². The van der Waals surface area contributed by atoms with Crippen molar-refractivity contribution in [3.8, 4) is 0 Å². The normalized spacial score (nSPS) is 24.9. The number of nitrogens with zero attached hydrogens (tertiary/aromatic N) is 4. The average molecular weight is 332 g/mol. The maximum Gasteiger partial charge on any atom is 0.272 e. The third kappa shape index (κ3) is 3.23. The van der Waals surface area contributed by atoms with Crippen LogP contribution in [0.4, 0.5) is 0 Å². The van der Waals surface area contributed by atoms with Crippen molar-refractivity contribution < 1.29 is 4.79 Å². The lowest BCUT2D eigenvalue weighted by Gasteiger charge is -2.25. The van der Waals surface area contributed by atoms with Crippen LogP contribution in [0.2, 0.25) is 0 Å². The monoisotopic (exact) mass is 332 g/mol. The number of carbonyl (C=O) groups is 1. The molecule has 1 aromatic heterocycles. The van der Waals surface area contributed by atoms with Crippen LogP contribution in [-0.4, -0.2) is 58.7 Å². The van der Waals surface area contributed by atoms with Crippen molar-refractivity contribution in [3.63, 3.8) is 0 Å². The van der Waals surface area contributed by atoms with Crippen LogP contribution < -0.4 is 0 Å². The van der Waals surface area contributed by atoms with Gasteiger partial charge in [0.25, 0.3) is 5.91 Å². The van der Waals surface area contributed by atoms with Crippen LogP contribution in [0.3, 0.4) is 0 Å². The van der Waals surface area contributed by atoms with Crippen LogP contribution in [0.15, 0.2) is 6.07 Å². The van der Waals surface area contributed by atoms with Crippen LogP contribution in [0.1, 0.15) is 69.1 Å². The fourth-order valence-electron chi connectivity index (χ4n) is 3.81. The first-order chi connectivity index (χ1) is 11.2. The number of likely N-dealkylation sites (tertiary alicyclic amines) is 1. The molecule has 5 heteroatoms. The van der Waals surface area contributed by atoms with Crippen LogP contribution >= 0.6 is 0 Å². The second-order valence-corrected chi connectivity index (χ2v) is 8.72. The molecule has 0 spiro atoms. The maximum atomic E-state index is 13.2. The molecular formula is C19H32N4O. The van der Waals surface area contributed by atoms with Crippen molar-refractivity contribution in [3.05, 3.63) is 17.5 Å². The molecule has 5 nitrogen and oxygen atoms in total. The third-order valence-electron chi connectivity index (χ3n) is 5.46. The topological polar surface area (TPSA) is 41.4 Å². The van der Waals surface area contributed by atoms with E-state index in [1.807, 2.05) is 9.58 Å². The molecule has 0 radical (unpaired) electrons. The molecule has 1 aromatic rings. The van der Waals surface area contributed by atoms with Crippen LogP contribution in [-0.2, 0) is 5.54 Å². The van der Waals surface area contributed by atoms with E-state index in [-0.39, 0.29) is 11.4 Å². The Bertz CT molecular complexity index is 609. The molecular weight excluding hydrogens is 300 g/mol. The lowest BCUT2D eigenvalue weighted by Crippen LogP contribution is -2.37. The van der Waals surface area contributed by atoms with Gasteiger partial charge in [-0.3, -0.25) is 9.48 Å². The third-order valence-corrected chi connectivity index (χ3v) is 5.46. The molecule has 2 aliphatic rings. The second kappa shape index (κ2) is 6.17. The predicted octanol–water partition coefficient (Wildman–Crippen LogP) is 2.93. The first kappa shape index (κ1) is 17.5. The molecule has 2 unspecified atom stereocenters. The van der Waals surface area contributed by atoms with Gasteiger partial charge in [-0.05, 0) is 59.7 Å². The average Bonchev–Trinajstić information content (AvgIpc) is 3.10. The zero-order valence-electron chi connectivity index (χ0n) is 16.0. The van der Waals surface area contributed by atoms with Crippen molar-refractivity contribution in [1.29, 1.82) is 0 Å². The Hall–Kier alpha value is -1.36. The van der Waals surface area contributed by atoms with Crippen molar-refractivity contribution in [2.24, 2.45) is 5.92 Å². The molecule has 1 aliphatic carbocycles. The molecule has 134 valence electrons. The second-order valence-electron chi connectivity index (χ2n) is 8.72. The fourth-order valence-corrected chi connectivity index (χ4v) is 3.81. The summed E-state index contributed by atoms with van der Waals surface area (Å²) in [6.45, 7) is 10.3. The van der Waals surface area contributed by atoms with E-state index in [9.17, 15) is 4.79 Å². The number of rotatable bonds is 4. The Morgan fingerprint density at radius 3 is 2.42 bits per heavy atom. The summed E-state index contributed by atoms with van der Waals surface area (Å²) in [6, 6.07) is 2.50. The summed E-state index contributed by atoms with van der Waals surface area (Å²) in [4.78, 5) is 17.5. The summed E-state index contributed by atoms with van der Waals surface area (Å²) < 4.78 is 1.95. The lowest BCUT2D eigenvalue weighted by molar-refractivity contribution is 0.0760. The van der Waals surface area contributed by atoms with Crippen molar-refractivity contribution >= 4 is 5.91 Å².